The molecule has 0 amide bonds. The normalized spacial score (nSPS) is 11.1. The van der Waals surface area contributed by atoms with Gasteiger partial charge in [0.25, 0.3) is 0 Å². The molecule has 2 heterocycles. The van der Waals surface area contributed by atoms with Crippen molar-refractivity contribution in [2.24, 2.45) is 0 Å². The Morgan fingerprint density at radius 1 is 0.304 bits per heavy atom. The molecule has 10 rings (SSSR count). The fourth-order valence-electron chi connectivity index (χ4n) is 7.76. The van der Waals surface area contributed by atoms with Gasteiger partial charge in [-0.2, -0.15) is 0 Å². The largest absolute Gasteiger partial charge is 0.254 e. The Morgan fingerprint density at radius 2 is 0.522 bits per heavy atom. The third-order valence-corrected chi connectivity index (χ3v) is 27.4. The van der Waals surface area contributed by atoms with Gasteiger partial charge in [0.2, 0.25) is 0 Å². The van der Waals surface area contributed by atoms with E-state index in [1.54, 1.807) is 0 Å². The number of pyridine rings is 2. The molecule has 9 heteroatoms. The van der Waals surface area contributed by atoms with E-state index < -0.39 is 38.4 Å². The van der Waals surface area contributed by atoms with Gasteiger partial charge in [-0.1, -0.05) is 133 Å². The molecular weight excluding hydrogens is 1060 g/mol. The number of aromatic nitrogens is 2. The van der Waals surface area contributed by atoms with Crippen LogP contribution >= 0.6 is 15.8 Å². The summed E-state index contributed by atoms with van der Waals surface area (Å²) >= 11 is -2.99. The molecule has 0 unspecified atom stereocenters. The maximum atomic E-state index is 7.17. The number of rotatable bonds is 13. The zero-order chi connectivity index (χ0) is 47.5. The maximum absolute atomic E-state index is 7.17. The van der Waals surface area contributed by atoms with Gasteiger partial charge in [-0.3, -0.25) is 9.97 Å². The molecule has 5 nitrogen and oxygen atoms in total. The molecule has 0 bridgehead atoms. The average Bonchev–Trinajstić information content (AvgIpc) is 3.42. The third kappa shape index (κ3) is 13.0. The van der Waals surface area contributed by atoms with Crippen molar-refractivity contribution in [1.29, 1.82) is 0 Å². The Bertz CT molecular complexity index is 2640. The van der Waals surface area contributed by atoms with Crippen molar-refractivity contribution in [1.82, 2.24) is 9.97 Å². The molecule has 3 N–H and O–H groups in total. The third-order valence-electron chi connectivity index (χ3n) is 10.9. The van der Waals surface area contributed by atoms with Crippen LogP contribution in [-0.4, -0.2) is 32.4 Å². The summed E-state index contributed by atoms with van der Waals surface area (Å²) in [4.78, 5) is 9.65. The summed E-state index contributed by atoms with van der Waals surface area (Å²) in [6.45, 7) is 0. The van der Waals surface area contributed by atoms with E-state index in [9.17, 15) is 0 Å². The summed E-state index contributed by atoms with van der Waals surface area (Å²) in [6, 6.07) is 96.3. The average molecular weight is 1120 g/mol. The van der Waals surface area contributed by atoms with E-state index in [2.05, 4.69) is 267 Å². The number of hydrogen-bond acceptors (Lipinski definition) is 5. The number of nitrogens with zero attached hydrogens (tertiary/aromatic N) is 2. The molecule has 2 aromatic heterocycles. The van der Waals surface area contributed by atoms with Crippen molar-refractivity contribution in [3.8, 4) is 11.4 Å². The Morgan fingerprint density at radius 3 is 0.725 bits per heavy atom. The molecule has 0 saturated carbocycles. The van der Waals surface area contributed by atoms with Crippen molar-refractivity contribution in [2.45, 2.75) is 12.3 Å². The molecule has 0 radical (unpaired) electrons. The van der Waals surface area contributed by atoms with Crippen LogP contribution in [0.2, 0.25) is 0 Å². The van der Waals surface area contributed by atoms with Crippen molar-refractivity contribution < 1.29 is 30.4 Å². The first-order valence-corrected chi connectivity index (χ1v) is 30.4. The number of benzene rings is 8. The zero-order valence-corrected chi connectivity index (χ0v) is 42.2. The smallest absolute Gasteiger partial charge is 0.0886 e. The molecule has 8 aromatic carbocycles. The quantitative estimate of drug-likeness (QED) is 0.0795. The molecule has 0 fully saturated rings. The minimum absolute atomic E-state index is 0.496. The van der Waals surface area contributed by atoms with Crippen LogP contribution in [0.4, 0.5) is 0 Å². The molecule has 0 aliphatic carbocycles. The monoisotopic (exact) mass is 1120 g/mol. The first-order chi connectivity index (χ1) is 34.0. The van der Waals surface area contributed by atoms with Gasteiger partial charge in [0.1, 0.15) is 0 Å². The molecule has 0 aliphatic rings. The summed E-state index contributed by atoms with van der Waals surface area (Å²) in [6.07, 6.45) is 5.98. The van der Waals surface area contributed by atoms with Gasteiger partial charge in [0, 0.05) is 24.7 Å². The maximum Gasteiger partial charge on any atom is 0.0886 e. The summed E-state index contributed by atoms with van der Waals surface area (Å²) in [5.41, 5.74) is 4.31. The minimum Gasteiger partial charge on any atom is -0.254 e. The van der Waals surface area contributed by atoms with Crippen LogP contribution < -0.4 is 37.5 Å². The summed E-state index contributed by atoms with van der Waals surface area (Å²) in [5.74, 6) is 0. The van der Waals surface area contributed by atoms with E-state index in [0.29, 0.717) is 0 Å². The van der Waals surface area contributed by atoms with Gasteiger partial charge < -0.3 is 15.1 Å². The minimum atomic E-state index is -2.99. The van der Waals surface area contributed by atoms with Gasteiger partial charge in [0.15, 0.2) is 0 Å². The van der Waals surface area contributed by atoms with Crippen LogP contribution in [0, 0.1) is 0 Å². The van der Waals surface area contributed by atoms with Crippen LogP contribution in [-0.2, 0) is 27.6 Å². The van der Waals surface area contributed by atoms with Crippen LogP contribution in [0.25, 0.3) is 11.4 Å². The van der Waals surface area contributed by atoms with E-state index in [0.717, 1.165) is 23.7 Å². The first kappa shape index (κ1) is 49.0. The molecule has 343 valence electrons. The van der Waals surface area contributed by atoms with Gasteiger partial charge in [-0.05, 0) is 60.3 Å². The van der Waals surface area contributed by atoms with E-state index in [1.807, 2.05) is 12.4 Å². The Kier molecular flexibility index (Phi) is 17.9. The first-order valence-electron chi connectivity index (χ1n) is 22.6. The van der Waals surface area contributed by atoms with Gasteiger partial charge in [0.05, 0.1) is 11.4 Å². The molecule has 0 aliphatic heterocycles. The van der Waals surface area contributed by atoms with Gasteiger partial charge in [-0.25, -0.2) is 0 Å². The van der Waals surface area contributed by atoms with E-state index in [4.69, 9.17) is 25.0 Å². The molecule has 69 heavy (non-hydrogen) atoms. The number of hydrogen-bond donors (Lipinski definition) is 3. The van der Waals surface area contributed by atoms with E-state index in [-0.39, 0.29) is 0 Å². The van der Waals surface area contributed by atoms with E-state index in [1.165, 1.54) is 48.7 Å². The molecule has 0 atom stereocenters. The standard InChI is InChI=1S/C36H30N2P2.4C6H5.BH3O3.Ir/c1-5-13-31(14-6-1)39(32-15-7-2-8-16-32)27-29-21-23-35(37-25-29)36-24-22-30(26-38-36)28-40(33-17-9-3-10-18-33)34-19-11-4-12-20-34;4*1-2-4-6-5-3-1;2-1(3)4;/h1-26H,27-28H2;4*1-5H;2-4H;. The van der Waals surface area contributed by atoms with E-state index >= 15 is 0 Å². The van der Waals surface area contributed by atoms with Crippen LogP contribution in [0.5, 0.6) is 0 Å². The second-order valence-electron chi connectivity index (χ2n) is 15.5. The van der Waals surface area contributed by atoms with Crippen molar-refractivity contribution >= 4 is 60.7 Å². The van der Waals surface area contributed by atoms with Gasteiger partial charge in [-0.15, -0.1) is 0 Å². The summed E-state index contributed by atoms with van der Waals surface area (Å²) < 4.78 is 5.86. The molecule has 0 spiro atoms. The zero-order valence-electron chi connectivity index (χ0n) is 38.0. The summed E-state index contributed by atoms with van der Waals surface area (Å²) in [7, 11) is -3.16. The topological polar surface area (TPSA) is 86.5 Å². The summed E-state index contributed by atoms with van der Waals surface area (Å²) in [5, 5.41) is 27.0. The van der Waals surface area contributed by atoms with Crippen molar-refractivity contribution in [2.75, 3.05) is 0 Å². The Hall–Kier alpha value is -6.49. The van der Waals surface area contributed by atoms with Crippen LogP contribution in [0.1, 0.15) is 11.1 Å². The SMILES string of the molecule is OB(O)O.c1cc[c]([Ir]([c]2ccccc2)([c]2ccccc2)[c]2ccccc2)cc1.c1ccc(P(Cc2ccc(-c3ccc(CP(c4ccccc4)c4ccccc4)cn3)nc2)c2ccccc2)cc1. The van der Waals surface area contributed by atoms with Crippen molar-refractivity contribution in [3.63, 3.8) is 0 Å². The van der Waals surface area contributed by atoms with Crippen LogP contribution in [0.15, 0.2) is 279 Å². The Balaban J connectivity index is 0.000000189. The van der Waals surface area contributed by atoms with Gasteiger partial charge >= 0.3 is 160 Å². The molecule has 10 aromatic rings. The fraction of sp³-hybridized carbons (Fsp3) is 0.0333. The Labute approximate surface area is 412 Å². The second-order valence-corrected chi connectivity index (χ2v) is 29.1. The molecule has 0 saturated heterocycles. The molecular formula is C60H53BIrN2O3P2. The predicted molar refractivity (Wildman–Crippen MR) is 290 cm³/mol. The van der Waals surface area contributed by atoms with Crippen LogP contribution in [0.3, 0.4) is 0 Å². The van der Waals surface area contributed by atoms with Crippen molar-refractivity contribution in [3.05, 3.63) is 290 Å². The second kappa shape index (κ2) is 25.2. The fourth-order valence-corrected chi connectivity index (χ4v) is 23.7. The predicted octanol–water partition coefficient (Wildman–Crippen LogP) is 8.80.